The van der Waals surface area contributed by atoms with Gasteiger partial charge in [0.1, 0.15) is 12.1 Å². The van der Waals surface area contributed by atoms with Crippen LogP contribution in [0.1, 0.15) is 41.0 Å². The number of carboxylic acids is 1. The molecule has 0 bridgehead atoms. The number of carbonyl (C=O) groups is 3. The summed E-state index contributed by atoms with van der Waals surface area (Å²) >= 11 is 0. The zero-order valence-electron chi connectivity index (χ0n) is 13.3. The molecule has 7 heteroatoms. The summed E-state index contributed by atoms with van der Waals surface area (Å²) in [5.74, 6) is -2.09. The van der Waals surface area contributed by atoms with E-state index in [0.717, 1.165) is 0 Å². The number of rotatable bonds is 8. The summed E-state index contributed by atoms with van der Waals surface area (Å²) in [5, 5.41) is 14.2. The summed E-state index contributed by atoms with van der Waals surface area (Å²) in [5.41, 5.74) is 5.46. The van der Waals surface area contributed by atoms with Crippen LogP contribution >= 0.6 is 0 Å². The molecule has 0 radical (unpaired) electrons. The highest BCUT2D eigenvalue weighted by Crippen LogP contribution is 2.08. The first-order valence-electron chi connectivity index (χ1n) is 7.15. The van der Waals surface area contributed by atoms with Crippen molar-refractivity contribution in [3.05, 3.63) is 0 Å². The second-order valence-electron chi connectivity index (χ2n) is 6.05. The predicted molar refractivity (Wildman–Crippen MR) is 79.4 cm³/mol. The molecule has 0 spiro atoms. The Hall–Kier alpha value is -1.63. The Labute approximate surface area is 125 Å². The number of aliphatic carboxylic acids is 1. The van der Waals surface area contributed by atoms with E-state index in [4.69, 9.17) is 10.8 Å². The Balaban J connectivity index is 4.88. The van der Waals surface area contributed by atoms with Crippen LogP contribution < -0.4 is 16.4 Å². The highest BCUT2D eigenvalue weighted by atomic mass is 16.4. The SMILES string of the molecule is CC(C)C[C@@H](NC(=O)[C@@H](NC(=O)[C@@H](C)N)C(C)C)C(=O)O. The lowest BCUT2D eigenvalue weighted by Gasteiger charge is -2.25. The maximum absolute atomic E-state index is 12.2. The molecule has 0 saturated carbocycles. The number of nitrogens with two attached hydrogens (primary N) is 1. The maximum Gasteiger partial charge on any atom is 0.326 e. The standard InChI is InChI=1S/C14H27N3O4/c1-7(2)6-10(14(20)21)16-13(19)11(8(3)4)17-12(18)9(5)15/h7-11H,6,15H2,1-5H3,(H,16,19)(H,17,18)(H,20,21)/t9-,10-,11+/m1/s1. The molecule has 0 heterocycles. The van der Waals surface area contributed by atoms with Gasteiger partial charge in [-0.15, -0.1) is 0 Å². The molecular weight excluding hydrogens is 274 g/mol. The minimum atomic E-state index is -1.09. The smallest absolute Gasteiger partial charge is 0.326 e. The summed E-state index contributed by atoms with van der Waals surface area (Å²) in [6, 6.07) is -2.51. The molecule has 0 saturated heterocycles. The van der Waals surface area contributed by atoms with E-state index in [9.17, 15) is 14.4 Å². The molecular formula is C14H27N3O4. The van der Waals surface area contributed by atoms with Gasteiger partial charge in [-0.05, 0) is 25.2 Å². The lowest BCUT2D eigenvalue weighted by Crippen LogP contribution is -2.56. The van der Waals surface area contributed by atoms with E-state index in [1.165, 1.54) is 6.92 Å². The van der Waals surface area contributed by atoms with Crippen LogP contribution in [0.2, 0.25) is 0 Å². The fourth-order valence-electron chi connectivity index (χ4n) is 1.77. The summed E-state index contributed by atoms with van der Waals surface area (Å²) in [6.07, 6.45) is 0.327. The largest absolute Gasteiger partial charge is 0.480 e. The molecule has 7 nitrogen and oxygen atoms in total. The predicted octanol–water partition coefficient (Wildman–Crippen LogP) is 0.0899. The van der Waals surface area contributed by atoms with Crippen molar-refractivity contribution >= 4 is 17.8 Å². The second-order valence-corrected chi connectivity index (χ2v) is 6.05. The molecule has 0 rings (SSSR count). The van der Waals surface area contributed by atoms with Gasteiger partial charge in [-0.3, -0.25) is 9.59 Å². The molecule has 3 atom stereocenters. The number of carboxylic acid groups (broad SMARTS) is 1. The van der Waals surface area contributed by atoms with Crippen LogP contribution in [0.5, 0.6) is 0 Å². The molecule has 2 amide bonds. The second kappa shape index (κ2) is 8.61. The van der Waals surface area contributed by atoms with E-state index in [-0.39, 0.29) is 11.8 Å². The average molecular weight is 301 g/mol. The van der Waals surface area contributed by atoms with E-state index < -0.39 is 35.9 Å². The lowest BCUT2D eigenvalue weighted by molar-refractivity contribution is -0.143. The molecule has 0 unspecified atom stereocenters. The number of nitrogens with one attached hydrogen (secondary N) is 2. The minimum absolute atomic E-state index is 0.127. The monoisotopic (exact) mass is 301 g/mol. The molecule has 0 aromatic rings. The summed E-state index contributed by atoms with van der Waals surface area (Å²) in [4.78, 5) is 35.0. The topological polar surface area (TPSA) is 122 Å². The number of amides is 2. The molecule has 21 heavy (non-hydrogen) atoms. The molecule has 0 aromatic carbocycles. The number of hydrogen-bond acceptors (Lipinski definition) is 4. The zero-order valence-corrected chi connectivity index (χ0v) is 13.3. The van der Waals surface area contributed by atoms with Crippen LogP contribution in [0.25, 0.3) is 0 Å². The van der Waals surface area contributed by atoms with Crippen LogP contribution in [0.4, 0.5) is 0 Å². The summed E-state index contributed by atoms with van der Waals surface area (Å²) in [6.45, 7) is 8.80. The van der Waals surface area contributed by atoms with Crippen LogP contribution in [-0.2, 0) is 14.4 Å². The van der Waals surface area contributed by atoms with Crippen molar-refractivity contribution in [3.63, 3.8) is 0 Å². The van der Waals surface area contributed by atoms with Crippen LogP contribution in [0, 0.1) is 11.8 Å². The number of hydrogen-bond donors (Lipinski definition) is 4. The Morgan fingerprint density at radius 3 is 1.86 bits per heavy atom. The van der Waals surface area contributed by atoms with Crippen molar-refractivity contribution in [2.24, 2.45) is 17.6 Å². The van der Waals surface area contributed by atoms with E-state index in [1.54, 1.807) is 13.8 Å². The Morgan fingerprint density at radius 1 is 1.00 bits per heavy atom. The fraction of sp³-hybridized carbons (Fsp3) is 0.786. The van der Waals surface area contributed by atoms with E-state index in [2.05, 4.69) is 10.6 Å². The third-order valence-electron chi connectivity index (χ3n) is 2.98. The first kappa shape index (κ1) is 19.4. The number of carbonyl (C=O) groups excluding carboxylic acids is 2. The first-order chi connectivity index (χ1) is 9.56. The third-order valence-corrected chi connectivity index (χ3v) is 2.98. The van der Waals surface area contributed by atoms with Gasteiger partial charge in [0.05, 0.1) is 6.04 Å². The summed E-state index contributed by atoms with van der Waals surface area (Å²) in [7, 11) is 0. The molecule has 5 N–H and O–H groups in total. The quantitative estimate of drug-likeness (QED) is 0.506. The van der Waals surface area contributed by atoms with Crippen molar-refractivity contribution < 1.29 is 19.5 Å². The van der Waals surface area contributed by atoms with Crippen molar-refractivity contribution in [1.82, 2.24) is 10.6 Å². The molecule has 0 aliphatic heterocycles. The van der Waals surface area contributed by atoms with Gasteiger partial charge >= 0.3 is 5.97 Å². The van der Waals surface area contributed by atoms with Crippen molar-refractivity contribution in [3.8, 4) is 0 Å². The Kier molecular flexibility index (Phi) is 7.94. The van der Waals surface area contributed by atoms with Gasteiger partial charge in [0, 0.05) is 0 Å². The van der Waals surface area contributed by atoms with Gasteiger partial charge in [0.2, 0.25) is 11.8 Å². The van der Waals surface area contributed by atoms with Crippen LogP contribution in [-0.4, -0.2) is 41.0 Å². The zero-order chi connectivity index (χ0) is 16.7. The van der Waals surface area contributed by atoms with Gasteiger partial charge in [-0.2, -0.15) is 0 Å². The Morgan fingerprint density at radius 2 is 1.52 bits per heavy atom. The van der Waals surface area contributed by atoms with Gasteiger partial charge in [0.15, 0.2) is 0 Å². The average Bonchev–Trinajstić information content (AvgIpc) is 2.33. The molecule has 0 aromatic heterocycles. The van der Waals surface area contributed by atoms with E-state index in [0.29, 0.717) is 6.42 Å². The lowest BCUT2D eigenvalue weighted by atomic mass is 10.00. The normalized spacial score (nSPS) is 15.4. The van der Waals surface area contributed by atoms with Crippen molar-refractivity contribution in [1.29, 1.82) is 0 Å². The van der Waals surface area contributed by atoms with E-state index >= 15 is 0 Å². The van der Waals surface area contributed by atoms with Gasteiger partial charge in [0.25, 0.3) is 0 Å². The van der Waals surface area contributed by atoms with Gasteiger partial charge in [-0.25, -0.2) is 4.79 Å². The fourth-order valence-corrected chi connectivity index (χ4v) is 1.77. The van der Waals surface area contributed by atoms with Crippen LogP contribution in [0.15, 0.2) is 0 Å². The first-order valence-corrected chi connectivity index (χ1v) is 7.15. The molecule has 122 valence electrons. The van der Waals surface area contributed by atoms with Crippen LogP contribution in [0.3, 0.4) is 0 Å². The van der Waals surface area contributed by atoms with E-state index in [1.807, 2.05) is 13.8 Å². The summed E-state index contributed by atoms with van der Waals surface area (Å²) < 4.78 is 0. The van der Waals surface area contributed by atoms with Gasteiger partial charge in [-0.1, -0.05) is 27.7 Å². The maximum atomic E-state index is 12.2. The molecule has 0 aliphatic rings. The highest BCUT2D eigenvalue weighted by Gasteiger charge is 2.29. The molecule has 0 aliphatic carbocycles. The molecule has 0 fully saturated rings. The minimum Gasteiger partial charge on any atom is -0.480 e. The highest BCUT2D eigenvalue weighted by molar-refractivity contribution is 5.91. The van der Waals surface area contributed by atoms with Crippen molar-refractivity contribution in [2.75, 3.05) is 0 Å². The third kappa shape index (κ3) is 7.08. The van der Waals surface area contributed by atoms with Crippen molar-refractivity contribution in [2.45, 2.75) is 59.2 Å². The Bertz CT molecular complexity index is 380. The van der Waals surface area contributed by atoms with Gasteiger partial charge < -0.3 is 21.5 Å².